The minimum absolute atomic E-state index is 0.0319. The molecule has 12 atom stereocenters. The topological polar surface area (TPSA) is 228 Å². The lowest BCUT2D eigenvalue weighted by Gasteiger charge is -2.46. The number of unbranched alkanes of at least 4 members (excludes halogenated alkanes) is 6. The summed E-state index contributed by atoms with van der Waals surface area (Å²) in [6, 6.07) is -0.996. The smallest absolute Gasteiger partial charge is 0.224 e. The van der Waals surface area contributed by atoms with Gasteiger partial charge in [-0.1, -0.05) is 130 Å². The summed E-state index contributed by atoms with van der Waals surface area (Å²) in [5.74, 6) is -0.387. The number of nitrogens with one attached hydrogen (secondary N) is 1. The summed E-state index contributed by atoms with van der Waals surface area (Å²) in [5, 5.41) is 86.4. The molecule has 0 bridgehead atoms. The normalized spacial score (nSPS) is 28.4. The fraction of sp³-hybridized carbons (Fsp3) is 0.653. The van der Waals surface area contributed by atoms with Gasteiger partial charge in [0, 0.05) is 6.42 Å². The Labute approximate surface area is 375 Å². The Balaban J connectivity index is 1.97. The van der Waals surface area contributed by atoms with Gasteiger partial charge in [-0.15, -0.1) is 0 Å². The zero-order valence-electron chi connectivity index (χ0n) is 37.5. The van der Waals surface area contributed by atoms with E-state index >= 15 is 0 Å². The maximum atomic E-state index is 13.1. The summed E-state index contributed by atoms with van der Waals surface area (Å²) < 4.78 is 22.5. The highest BCUT2D eigenvalue weighted by Gasteiger charge is 2.50. The maximum absolute atomic E-state index is 13.1. The fourth-order valence-electron chi connectivity index (χ4n) is 6.74. The van der Waals surface area contributed by atoms with Crippen LogP contribution >= 0.6 is 0 Å². The summed E-state index contributed by atoms with van der Waals surface area (Å²) in [6.45, 7) is 2.51. The molecule has 0 aromatic rings. The predicted octanol–water partition coefficient (Wildman–Crippen LogP) is 4.81. The molecule has 0 radical (unpaired) electrons. The van der Waals surface area contributed by atoms with E-state index in [1.165, 1.54) is 25.7 Å². The molecule has 14 nitrogen and oxygen atoms in total. The molecule has 2 aliphatic heterocycles. The number of hydrogen-bond acceptors (Lipinski definition) is 13. The van der Waals surface area contributed by atoms with Crippen molar-refractivity contribution in [2.24, 2.45) is 0 Å². The van der Waals surface area contributed by atoms with Crippen molar-refractivity contribution in [1.29, 1.82) is 0 Å². The van der Waals surface area contributed by atoms with Crippen LogP contribution in [0.3, 0.4) is 0 Å². The molecule has 0 aromatic heterocycles. The second-order valence-corrected chi connectivity index (χ2v) is 15.8. The summed E-state index contributed by atoms with van der Waals surface area (Å²) in [7, 11) is 0. The average Bonchev–Trinajstić information content (AvgIpc) is 3.28. The number of rotatable bonds is 32. The van der Waals surface area contributed by atoms with Gasteiger partial charge in [-0.3, -0.25) is 4.79 Å². The lowest BCUT2D eigenvalue weighted by molar-refractivity contribution is -0.359. The molecule has 0 aromatic carbocycles. The number of carbonyl (C=O) groups excluding carboxylic acids is 1. The first-order chi connectivity index (χ1) is 30.6. The van der Waals surface area contributed by atoms with Crippen molar-refractivity contribution in [2.45, 2.75) is 184 Å². The van der Waals surface area contributed by atoms with E-state index in [9.17, 15) is 45.6 Å². The third-order valence-electron chi connectivity index (χ3n) is 10.5. The predicted molar refractivity (Wildman–Crippen MR) is 244 cm³/mol. The van der Waals surface area contributed by atoms with Crippen LogP contribution in [0, 0.1) is 0 Å². The maximum Gasteiger partial charge on any atom is 0.224 e. The molecule has 0 spiro atoms. The SMILES string of the molecule is CC/C=C\C/C=C\C/C=C\C/C=C\C/C=C\CC(=O)NC(COC1OC(CO)C(OC2OC(CO)C(O)C(O)C2O)C(O)C1O)C(O)/C=C/CC/C=C/CC/C=C/CCCCCC. The number of carbonyl (C=O) groups is 1. The molecule has 12 unspecified atom stereocenters. The van der Waals surface area contributed by atoms with Crippen molar-refractivity contribution in [3.8, 4) is 0 Å². The van der Waals surface area contributed by atoms with Crippen LogP contribution in [0.5, 0.6) is 0 Å². The minimum atomic E-state index is -1.80. The number of hydrogen-bond donors (Lipinski definition) is 9. The first kappa shape index (κ1) is 56.0. The van der Waals surface area contributed by atoms with Gasteiger partial charge in [0.15, 0.2) is 12.6 Å². The van der Waals surface area contributed by atoms with Crippen LogP contribution in [-0.4, -0.2) is 140 Å². The molecule has 63 heavy (non-hydrogen) atoms. The molecular formula is C49H79NO13. The van der Waals surface area contributed by atoms with Crippen molar-refractivity contribution in [1.82, 2.24) is 5.32 Å². The Bertz CT molecular complexity index is 1420. The summed E-state index contributed by atoms with van der Waals surface area (Å²) in [5.41, 5.74) is 0. The quantitative estimate of drug-likeness (QED) is 0.0327. The second kappa shape index (κ2) is 35.2. The molecule has 0 aliphatic carbocycles. The van der Waals surface area contributed by atoms with Crippen molar-refractivity contribution in [3.05, 3.63) is 97.2 Å². The summed E-state index contributed by atoms with van der Waals surface area (Å²) in [6.07, 6.45) is 29.1. The van der Waals surface area contributed by atoms with Crippen LogP contribution in [0.15, 0.2) is 97.2 Å². The van der Waals surface area contributed by atoms with E-state index in [1.807, 2.05) is 18.2 Å². The molecule has 2 aliphatic rings. The number of ether oxygens (including phenoxy) is 4. The van der Waals surface area contributed by atoms with E-state index in [-0.39, 0.29) is 18.9 Å². The van der Waals surface area contributed by atoms with E-state index in [4.69, 9.17) is 18.9 Å². The van der Waals surface area contributed by atoms with E-state index in [0.29, 0.717) is 12.8 Å². The van der Waals surface area contributed by atoms with Gasteiger partial charge in [0.25, 0.3) is 0 Å². The summed E-state index contributed by atoms with van der Waals surface area (Å²) >= 11 is 0. The van der Waals surface area contributed by atoms with Gasteiger partial charge in [0.2, 0.25) is 5.91 Å². The molecule has 1 amide bonds. The van der Waals surface area contributed by atoms with Gasteiger partial charge in [-0.2, -0.15) is 0 Å². The van der Waals surface area contributed by atoms with Crippen LogP contribution in [0.4, 0.5) is 0 Å². The van der Waals surface area contributed by atoms with Crippen molar-refractivity contribution in [3.63, 3.8) is 0 Å². The Kier molecular flexibility index (Phi) is 31.3. The van der Waals surface area contributed by atoms with Crippen LogP contribution in [-0.2, 0) is 23.7 Å². The molecule has 14 heteroatoms. The van der Waals surface area contributed by atoms with Gasteiger partial charge in [-0.05, 0) is 70.6 Å². The Morgan fingerprint density at radius 2 is 1.11 bits per heavy atom. The van der Waals surface area contributed by atoms with Gasteiger partial charge in [0.1, 0.15) is 48.8 Å². The molecule has 0 saturated carbocycles. The molecule has 358 valence electrons. The largest absolute Gasteiger partial charge is 0.394 e. The number of aliphatic hydroxyl groups is 8. The van der Waals surface area contributed by atoms with E-state index in [0.717, 1.165) is 51.4 Å². The van der Waals surface area contributed by atoms with Gasteiger partial charge >= 0.3 is 0 Å². The molecule has 9 N–H and O–H groups in total. The second-order valence-electron chi connectivity index (χ2n) is 15.8. The first-order valence-corrected chi connectivity index (χ1v) is 23.0. The monoisotopic (exact) mass is 890 g/mol. The van der Waals surface area contributed by atoms with Crippen LogP contribution in [0.25, 0.3) is 0 Å². The first-order valence-electron chi connectivity index (χ1n) is 23.0. The van der Waals surface area contributed by atoms with Gasteiger partial charge < -0.3 is 65.1 Å². The fourth-order valence-corrected chi connectivity index (χ4v) is 6.74. The Morgan fingerprint density at radius 1 is 0.587 bits per heavy atom. The Morgan fingerprint density at radius 3 is 1.68 bits per heavy atom. The van der Waals surface area contributed by atoms with Crippen molar-refractivity contribution >= 4 is 5.91 Å². The highest BCUT2D eigenvalue weighted by Crippen LogP contribution is 2.29. The number of amides is 1. The lowest BCUT2D eigenvalue weighted by Crippen LogP contribution is -2.65. The van der Waals surface area contributed by atoms with E-state index < -0.39 is 86.8 Å². The van der Waals surface area contributed by atoms with E-state index in [2.05, 4.69) is 86.0 Å². The van der Waals surface area contributed by atoms with Crippen molar-refractivity contribution in [2.75, 3.05) is 19.8 Å². The third kappa shape index (κ3) is 23.1. The molecule has 2 saturated heterocycles. The molecular weight excluding hydrogens is 811 g/mol. The lowest BCUT2D eigenvalue weighted by atomic mass is 9.97. The molecule has 2 heterocycles. The van der Waals surface area contributed by atoms with Gasteiger partial charge in [0.05, 0.1) is 32.0 Å². The van der Waals surface area contributed by atoms with Crippen LogP contribution in [0.2, 0.25) is 0 Å². The van der Waals surface area contributed by atoms with Crippen LogP contribution in [0.1, 0.15) is 110 Å². The zero-order valence-corrected chi connectivity index (χ0v) is 37.5. The Hall–Kier alpha value is -3.09. The number of aliphatic hydroxyl groups excluding tert-OH is 8. The third-order valence-corrected chi connectivity index (χ3v) is 10.5. The standard InChI is InChI=1S/C49H79NO13/c1-3-5-7-9-11-13-15-17-19-21-23-25-27-29-31-33-41(54)50-37(38(53)32-30-28-26-24-22-20-18-16-14-12-10-8-6-4-2)36-60-48-46(59)44(57)47(40(35-52)62-48)63-49-45(58)43(56)42(55)39(34-51)61-49/h5,7,11,13-14,16-17,19,22-25,29-32,37-40,42-49,51-53,55-59H,3-4,6,8-10,12,15,18,20-21,26-28,33-36H2,1-2H3,(H,50,54)/b7-5-,13-11-,16-14+,19-17-,24-22+,25-23-,31-29-,32-30+. The minimum Gasteiger partial charge on any atom is -0.394 e. The van der Waals surface area contributed by atoms with Gasteiger partial charge in [-0.25, -0.2) is 0 Å². The average molecular weight is 890 g/mol. The highest BCUT2D eigenvalue weighted by atomic mass is 16.7. The highest BCUT2D eigenvalue weighted by molar-refractivity contribution is 5.77. The molecule has 2 fully saturated rings. The number of allylic oxidation sites excluding steroid dienone is 14. The summed E-state index contributed by atoms with van der Waals surface area (Å²) in [4.78, 5) is 13.1. The van der Waals surface area contributed by atoms with E-state index in [1.54, 1.807) is 12.2 Å². The van der Waals surface area contributed by atoms with Crippen LogP contribution < -0.4 is 5.32 Å². The molecule has 2 rings (SSSR count). The van der Waals surface area contributed by atoms with Crippen molar-refractivity contribution < 1.29 is 64.6 Å². The zero-order chi connectivity index (χ0) is 46.1.